The van der Waals surface area contributed by atoms with Crippen molar-refractivity contribution in [2.75, 3.05) is 63.9 Å². The second-order valence-corrected chi connectivity index (χ2v) is 7.95. The quantitative estimate of drug-likeness (QED) is 0.765. The minimum atomic E-state index is -0.798. The molecule has 4 heterocycles. The summed E-state index contributed by atoms with van der Waals surface area (Å²) in [7, 11) is 0. The van der Waals surface area contributed by atoms with Gasteiger partial charge in [-0.3, -0.25) is 14.5 Å². The molecule has 1 atom stereocenters. The van der Waals surface area contributed by atoms with Crippen molar-refractivity contribution in [3.05, 3.63) is 18.5 Å². The van der Waals surface area contributed by atoms with Crippen LogP contribution >= 0.6 is 0 Å². The molecule has 1 N–H and O–H groups in total. The van der Waals surface area contributed by atoms with Crippen LogP contribution in [0.15, 0.2) is 18.5 Å². The first-order valence-corrected chi connectivity index (χ1v) is 9.90. The normalized spacial score (nSPS) is 25.2. The molecule has 28 heavy (non-hydrogen) atoms. The predicted molar refractivity (Wildman–Crippen MR) is 101 cm³/mol. The molecule has 152 valence electrons. The van der Waals surface area contributed by atoms with Crippen LogP contribution in [0.25, 0.3) is 0 Å². The monoisotopic (exact) mass is 389 g/mol. The molecule has 3 aliphatic heterocycles. The fourth-order valence-electron chi connectivity index (χ4n) is 4.64. The molecule has 3 fully saturated rings. The third-order valence-corrected chi connectivity index (χ3v) is 6.35. The van der Waals surface area contributed by atoms with Crippen molar-refractivity contribution in [3.8, 4) is 0 Å². The Morgan fingerprint density at radius 3 is 2.46 bits per heavy atom. The number of hydrogen-bond donors (Lipinski definition) is 1. The van der Waals surface area contributed by atoms with Gasteiger partial charge in [-0.25, -0.2) is 9.97 Å². The van der Waals surface area contributed by atoms with Gasteiger partial charge in [0.25, 0.3) is 0 Å². The number of rotatable bonds is 4. The molecule has 0 radical (unpaired) electrons. The SMILES string of the molecule is O=C(O)C1CN(C(=O)CN2CCN(c3ncccn3)CC2)CC12CCOCC2. The van der Waals surface area contributed by atoms with Gasteiger partial charge in [0.15, 0.2) is 0 Å². The zero-order valence-electron chi connectivity index (χ0n) is 16.0. The Bertz CT molecular complexity index is 702. The van der Waals surface area contributed by atoms with Crippen molar-refractivity contribution in [1.29, 1.82) is 0 Å². The molecule has 3 aliphatic rings. The molecule has 1 spiro atoms. The minimum Gasteiger partial charge on any atom is -0.481 e. The van der Waals surface area contributed by atoms with Crippen molar-refractivity contribution in [1.82, 2.24) is 19.8 Å². The third-order valence-electron chi connectivity index (χ3n) is 6.35. The number of carboxylic acid groups (broad SMARTS) is 1. The molecule has 0 bridgehead atoms. The van der Waals surface area contributed by atoms with Gasteiger partial charge in [-0.15, -0.1) is 0 Å². The van der Waals surface area contributed by atoms with Crippen molar-refractivity contribution in [2.45, 2.75) is 12.8 Å². The Labute approximate surface area is 164 Å². The van der Waals surface area contributed by atoms with E-state index in [9.17, 15) is 14.7 Å². The fraction of sp³-hybridized carbons (Fsp3) is 0.684. The summed E-state index contributed by atoms with van der Waals surface area (Å²) >= 11 is 0. The number of amides is 1. The van der Waals surface area contributed by atoms with Gasteiger partial charge >= 0.3 is 5.97 Å². The van der Waals surface area contributed by atoms with Gasteiger partial charge in [0.05, 0.1) is 12.5 Å². The molecular formula is C19H27N5O4. The first-order valence-electron chi connectivity index (χ1n) is 9.90. The van der Waals surface area contributed by atoms with E-state index in [4.69, 9.17) is 4.74 Å². The van der Waals surface area contributed by atoms with Crippen molar-refractivity contribution < 1.29 is 19.4 Å². The van der Waals surface area contributed by atoms with E-state index < -0.39 is 11.9 Å². The van der Waals surface area contributed by atoms with Crippen molar-refractivity contribution in [3.63, 3.8) is 0 Å². The number of carbonyl (C=O) groups is 2. The summed E-state index contributed by atoms with van der Waals surface area (Å²) in [6.07, 6.45) is 4.89. The molecule has 0 aliphatic carbocycles. The van der Waals surface area contributed by atoms with Gasteiger partial charge in [0, 0.05) is 70.3 Å². The molecular weight excluding hydrogens is 362 g/mol. The Morgan fingerprint density at radius 1 is 1.14 bits per heavy atom. The van der Waals surface area contributed by atoms with Crippen LogP contribution in [-0.4, -0.2) is 95.8 Å². The van der Waals surface area contributed by atoms with Gasteiger partial charge in [-0.2, -0.15) is 0 Å². The van der Waals surface area contributed by atoms with Crippen molar-refractivity contribution >= 4 is 17.8 Å². The maximum atomic E-state index is 12.9. The highest BCUT2D eigenvalue weighted by atomic mass is 16.5. The number of anilines is 1. The summed E-state index contributed by atoms with van der Waals surface area (Å²) in [6.45, 7) is 5.41. The number of ether oxygens (including phenoxy) is 1. The van der Waals surface area contributed by atoms with E-state index >= 15 is 0 Å². The smallest absolute Gasteiger partial charge is 0.308 e. The number of piperazine rings is 1. The highest BCUT2D eigenvalue weighted by Gasteiger charge is 2.52. The fourth-order valence-corrected chi connectivity index (χ4v) is 4.64. The maximum absolute atomic E-state index is 12.9. The number of aliphatic carboxylic acids is 1. The summed E-state index contributed by atoms with van der Waals surface area (Å²) in [4.78, 5) is 39.2. The van der Waals surface area contributed by atoms with Gasteiger partial charge in [0.2, 0.25) is 11.9 Å². The summed E-state index contributed by atoms with van der Waals surface area (Å²) < 4.78 is 5.43. The summed E-state index contributed by atoms with van der Waals surface area (Å²) in [5.74, 6) is -0.543. The summed E-state index contributed by atoms with van der Waals surface area (Å²) in [5.41, 5.74) is -0.330. The molecule has 0 aromatic carbocycles. The Kier molecular flexibility index (Phi) is 5.45. The van der Waals surface area contributed by atoms with E-state index in [0.717, 1.165) is 32.1 Å². The van der Waals surface area contributed by atoms with E-state index in [1.54, 1.807) is 23.4 Å². The van der Waals surface area contributed by atoms with Crippen LogP contribution in [0.1, 0.15) is 12.8 Å². The standard InChI is InChI=1S/C19H27N5O4/c25-16(13-22-6-8-23(9-7-22)18-20-4-1-5-21-18)24-12-15(17(26)27)19(14-24)2-10-28-11-3-19/h1,4-5,15H,2-3,6-14H2,(H,26,27). The Balaban J connectivity index is 1.32. The zero-order valence-corrected chi connectivity index (χ0v) is 16.0. The first-order chi connectivity index (χ1) is 13.6. The lowest BCUT2D eigenvalue weighted by Gasteiger charge is -2.36. The molecule has 3 saturated heterocycles. The Morgan fingerprint density at radius 2 is 1.82 bits per heavy atom. The van der Waals surface area contributed by atoms with Gasteiger partial charge in [0.1, 0.15) is 0 Å². The number of carbonyl (C=O) groups excluding carboxylic acids is 1. The molecule has 1 aromatic rings. The molecule has 1 aromatic heterocycles. The van der Waals surface area contributed by atoms with Gasteiger partial charge in [-0.1, -0.05) is 0 Å². The van der Waals surface area contributed by atoms with Crippen LogP contribution in [0.2, 0.25) is 0 Å². The third kappa shape index (κ3) is 3.81. The average Bonchev–Trinajstić information content (AvgIpc) is 3.09. The van der Waals surface area contributed by atoms with Crippen LogP contribution in [0.4, 0.5) is 5.95 Å². The second-order valence-electron chi connectivity index (χ2n) is 7.95. The number of hydrogen-bond acceptors (Lipinski definition) is 7. The Hall–Kier alpha value is -2.26. The maximum Gasteiger partial charge on any atom is 0.308 e. The molecule has 9 nitrogen and oxygen atoms in total. The topological polar surface area (TPSA) is 99.1 Å². The summed E-state index contributed by atoms with van der Waals surface area (Å²) in [6, 6.07) is 1.80. The highest BCUT2D eigenvalue weighted by Crippen LogP contribution is 2.44. The predicted octanol–water partition coefficient (Wildman–Crippen LogP) is -0.0616. The van der Waals surface area contributed by atoms with Crippen LogP contribution in [0.3, 0.4) is 0 Å². The number of nitrogens with zero attached hydrogens (tertiary/aromatic N) is 5. The van der Waals surface area contributed by atoms with E-state index in [0.29, 0.717) is 45.7 Å². The number of likely N-dealkylation sites (tertiary alicyclic amines) is 1. The van der Waals surface area contributed by atoms with E-state index in [1.807, 2.05) is 0 Å². The molecule has 4 rings (SSSR count). The molecule has 1 unspecified atom stereocenters. The number of aromatic nitrogens is 2. The first kappa shape index (κ1) is 19.1. The molecule has 1 amide bonds. The van der Waals surface area contributed by atoms with Crippen LogP contribution in [0.5, 0.6) is 0 Å². The summed E-state index contributed by atoms with van der Waals surface area (Å²) in [5, 5.41) is 9.68. The molecule has 0 saturated carbocycles. The second kappa shape index (κ2) is 8.00. The lowest BCUT2D eigenvalue weighted by molar-refractivity contribution is -0.146. The van der Waals surface area contributed by atoms with Crippen LogP contribution in [0, 0.1) is 11.3 Å². The molecule has 9 heteroatoms. The van der Waals surface area contributed by atoms with Gasteiger partial charge in [-0.05, 0) is 18.9 Å². The zero-order chi connectivity index (χ0) is 19.6. The minimum absolute atomic E-state index is 0.0269. The van der Waals surface area contributed by atoms with Gasteiger partial charge < -0.3 is 19.6 Å². The van der Waals surface area contributed by atoms with Crippen LogP contribution < -0.4 is 4.90 Å². The van der Waals surface area contributed by atoms with E-state index in [1.165, 1.54) is 0 Å². The van der Waals surface area contributed by atoms with E-state index in [-0.39, 0.29) is 11.3 Å². The lowest BCUT2D eigenvalue weighted by Crippen LogP contribution is -2.50. The lowest BCUT2D eigenvalue weighted by atomic mass is 9.72. The van der Waals surface area contributed by atoms with Crippen LogP contribution in [-0.2, 0) is 14.3 Å². The number of carboxylic acids is 1. The highest BCUT2D eigenvalue weighted by molar-refractivity contribution is 5.81. The largest absolute Gasteiger partial charge is 0.481 e. The average molecular weight is 389 g/mol. The van der Waals surface area contributed by atoms with E-state index in [2.05, 4.69) is 19.8 Å². The van der Waals surface area contributed by atoms with Crippen molar-refractivity contribution in [2.24, 2.45) is 11.3 Å².